The van der Waals surface area contributed by atoms with Gasteiger partial charge in [0.25, 0.3) is 0 Å². The summed E-state index contributed by atoms with van der Waals surface area (Å²) < 4.78 is 5.25. The second-order valence-corrected chi connectivity index (χ2v) is 4.40. The highest BCUT2D eigenvalue weighted by molar-refractivity contribution is 5.55. The van der Waals surface area contributed by atoms with Gasteiger partial charge in [-0.05, 0) is 31.7 Å². The molecule has 0 amide bonds. The van der Waals surface area contributed by atoms with Gasteiger partial charge in [-0.1, -0.05) is 12.1 Å². The molecule has 2 rings (SSSR count). The Hall–Kier alpha value is -1.80. The average molecular weight is 233 g/mol. The number of rotatable bonds is 3. The monoisotopic (exact) mass is 233 g/mol. The Morgan fingerprint density at radius 3 is 2.65 bits per heavy atom. The average Bonchev–Trinajstić information content (AvgIpc) is 2.27. The molecule has 1 aliphatic rings. The smallest absolute Gasteiger partial charge is 0.235 e. The summed E-state index contributed by atoms with van der Waals surface area (Å²) in [6.07, 6.45) is 4.23. The normalized spacial score (nSPS) is 16.8. The minimum atomic E-state index is -0.543. The van der Waals surface area contributed by atoms with Gasteiger partial charge in [-0.15, -0.1) is 0 Å². The molecule has 1 fully saturated rings. The molecule has 0 bridgehead atoms. The highest BCUT2D eigenvalue weighted by Crippen LogP contribution is 2.50. The van der Waals surface area contributed by atoms with Crippen LogP contribution >= 0.6 is 0 Å². The summed E-state index contributed by atoms with van der Waals surface area (Å²) in [7, 11) is 1.51. The molecule has 1 aromatic rings. The molecule has 0 spiro atoms. The number of methoxy groups -OCH3 is 1. The van der Waals surface area contributed by atoms with Crippen LogP contribution in [0.4, 0.5) is 0 Å². The lowest BCUT2D eigenvalue weighted by Gasteiger charge is -2.38. The predicted molar refractivity (Wildman–Crippen MR) is 63.0 cm³/mol. The number of benzene rings is 1. The van der Waals surface area contributed by atoms with Crippen LogP contribution in [-0.4, -0.2) is 18.3 Å². The summed E-state index contributed by atoms with van der Waals surface area (Å²) in [6, 6.07) is 3.68. The van der Waals surface area contributed by atoms with Gasteiger partial charge in [0.2, 0.25) is 6.08 Å². The van der Waals surface area contributed by atoms with Gasteiger partial charge in [0.15, 0.2) is 11.5 Å². The van der Waals surface area contributed by atoms with Crippen molar-refractivity contribution in [3.05, 3.63) is 23.3 Å². The third-order valence-corrected chi connectivity index (χ3v) is 3.48. The number of nitrogens with zero attached hydrogens (tertiary/aromatic N) is 1. The van der Waals surface area contributed by atoms with E-state index in [1.807, 2.05) is 12.1 Å². The van der Waals surface area contributed by atoms with Crippen LogP contribution in [0.25, 0.3) is 0 Å². The number of ether oxygens (including phenoxy) is 1. The van der Waals surface area contributed by atoms with Gasteiger partial charge >= 0.3 is 0 Å². The van der Waals surface area contributed by atoms with Crippen molar-refractivity contribution in [2.45, 2.75) is 31.7 Å². The van der Waals surface area contributed by atoms with Gasteiger partial charge in [-0.2, -0.15) is 4.99 Å². The van der Waals surface area contributed by atoms with Crippen LogP contribution in [0.3, 0.4) is 0 Å². The zero-order chi connectivity index (χ0) is 12.5. The van der Waals surface area contributed by atoms with Crippen molar-refractivity contribution in [1.29, 1.82) is 0 Å². The number of hydrogen-bond donors (Lipinski definition) is 1. The van der Waals surface area contributed by atoms with E-state index < -0.39 is 5.54 Å². The Kier molecular flexibility index (Phi) is 2.90. The van der Waals surface area contributed by atoms with Gasteiger partial charge in [0.1, 0.15) is 5.54 Å². The molecule has 0 atom stereocenters. The van der Waals surface area contributed by atoms with Crippen molar-refractivity contribution in [2.75, 3.05) is 7.11 Å². The first-order chi connectivity index (χ1) is 8.14. The molecule has 90 valence electrons. The number of phenols is 1. The largest absolute Gasteiger partial charge is 0.504 e. The van der Waals surface area contributed by atoms with Gasteiger partial charge in [-0.25, -0.2) is 4.79 Å². The maximum absolute atomic E-state index is 10.5. The SMILES string of the molecule is COc1c(C2(N=C=O)CCC2)ccc(C)c1O. The van der Waals surface area contributed by atoms with Crippen LogP contribution in [-0.2, 0) is 10.3 Å². The highest BCUT2D eigenvalue weighted by atomic mass is 16.5. The highest BCUT2D eigenvalue weighted by Gasteiger charge is 2.41. The lowest BCUT2D eigenvalue weighted by Crippen LogP contribution is -2.32. The number of carbonyl (C=O) groups excluding carboxylic acids is 1. The molecule has 0 heterocycles. The Balaban J connectivity index is 2.58. The van der Waals surface area contributed by atoms with E-state index in [1.165, 1.54) is 7.11 Å². The minimum absolute atomic E-state index is 0.123. The lowest BCUT2D eigenvalue weighted by atomic mass is 9.72. The van der Waals surface area contributed by atoms with Crippen LogP contribution in [0.15, 0.2) is 17.1 Å². The van der Waals surface area contributed by atoms with Crippen molar-refractivity contribution in [3.63, 3.8) is 0 Å². The van der Waals surface area contributed by atoms with Crippen molar-refractivity contribution in [2.24, 2.45) is 4.99 Å². The van der Waals surface area contributed by atoms with Gasteiger partial charge in [-0.3, -0.25) is 0 Å². The fourth-order valence-corrected chi connectivity index (χ4v) is 2.28. The summed E-state index contributed by atoms with van der Waals surface area (Å²) >= 11 is 0. The fraction of sp³-hybridized carbons (Fsp3) is 0.462. The molecule has 0 unspecified atom stereocenters. The molecular formula is C13H15NO3. The van der Waals surface area contributed by atoms with E-state index in [0.717, 1.165) is 30.4 Å². The summed E-state index contributed by atoms with van der Waals surface area (Å²) in [6.45, 7) is 1.80. The molecule has 1 aliphatic carbocycles. The molecule has 1 N–H and O–H groups in total. The van der Waals surface area contributed by atoms with Gasteiger partial charge in [0, 0.05) is 5.56 Å². The lowest BCUT2D eigenvalue weighted by molar-refractivity contribution is 0.243. The second-order valence-electron chi connectivity index (χ2n) is 4.40. The zero-order valence-electron chi connectivity index (χ0n) is 9.99. The van der Waals surface area contributed by atoms with Gasteiger partial charge < -0.3 is 9.84 Å². The molecule has 0 saturated heterocycles. The quantitative estimate of drug-likeness (QED) is 0.644. The Morgan fingerprint density at radius 1 is 1.47 bits per heavy atom. The predicted octanol–water partition coefficient (Wildman–Crippen LogP) is 2.42. The van der Waals surface area contributed by atoms with E-state index in [0.29, 0.717) is 5.75 Å². The first-order valence-corrected chi connectivity index (χ1v) is 5.61. The molecule has 0 aliphatic heterocycles. The summed E-state index contributed by atoms with van der Waals surface area (Å²) in [5, 5.41) is 9.96. The zero-order valence-corrected chi connectivity index (χ0v) is 9.99. The molecule has 0 radical (unpaired) electrons. The first kappa shape index (κ1) is 11.7. The van der Waals surface area contributed by atoms with Crippen molar-refractivity contribution in [1.82, 2.24) is 0 Å². The Bertz CT molecular complexity index is 486. The van der Waals surface area contributed by atoms with E-state index in [9.17, 15) is 9.90 Å². The summed E-state index contributed by atoms with van der Waals surface area (Å²) in [5.74, 6) is 0.543. The Labute approximate surface area is 99.9 Å². The number of isocyanates is 1. The van der Waals surface area contributed by atoms with Crippen LogP contribution in [0, 0.1) is 6.92 Å². The Morgan fingerprint density at radius 2 is 2.18 bits per heavy atom. The van der Waals surface area contributed by atoms with Crippen LogP contribution in [0.2, 0.25) is 0 Å². The number of aryl methyl sites for hydroxylation is 1. The molecule has 0 aromatic heterocycles. The molecule has 4 nitrogen and oxygen atoms in total. The molecule has 4 heteroatoms. The number of hydrogen-bond acceptors (Lipinski definition) is 4. The molecular weight excluding hydrogens is 218 g/mol. The summed E-state index contributed by atoms with van der Waals surface area (Å²) in [4.78, 5) is 14.5. The molecule has 1 saturated carbocycles. The minimum Gasteiger partial charge on any atom is -0.504 e. The van der Waals surface area contributed by atoms with Crippen LogP contribution in [0.5, 0.6) is 11.5 Å². The third-order valence-electron chi connectivity index (χ3n) is 3.48. The maximum Gasteiger partial charge on any atom is 0.235 e. The van der Waals surface area contributed by atoms with Crippen molar-refractivity contribution < 1.29 is 14.6 Å². The fourth-order valence-electron chi connectivity index (χ4n) is 2.28. The molecule has 17 heavy (non-hydrogen) atoms. The van der Waals surface area contributed by atoms with Gasteiger partial charge in [0.05, 0.1) is 7.11 Å². The topological polar surface area (TPSA) is 58.9 Å². The number of phenolic OH excluding ortho intramolecular Hbond substituents is 1. The van der Waals surface area contributed by atoms with E-state index in [-0.39, 0.29) is 5.75 Å². The van der Waals surface area contributed by atoms with E-state index >= 15 is 0 Å². The van der Waals surface area contributed by atoms with E-state index in [2.05, 4.69) is 4.99 Å². The van der Waals surface area contributed by atoms with E-state index in [1.54, 1.807) is 13.0 Å². The maximum atomic E-state index is 10.5. The second kappa shape index (κ2) is 4.22. The number of aromatic hydroxyl groups is 1. The summed E-state index contributed by atoms with van der Waals surface area (Å²) in [5.41, 5.74) is 0.978. The first-order valence-electron chi connectivity index (χ1n) is 5.61. The molecule has 1 aromatic carbocycles. The van der Waals surface area contributed by atoms with Crippen LogP contribution in [0.1, 0.15) is 30.4 Å². The van der Waals surface area contributed by atoms with Crippen LogP contribution < -0.4 is 4.74 Å². The third kappa shape index (κ3) is 1.71. The standard InChI is InChI=1S/C13H15NO3/c1-9-4-5-10(12(17-2)11(9)16)13(14-8-15)6-3-7-13/h4-5,16H,3,6-7H2,1-2H3. The number of aliphatic imine (C=N–C) groups is 1. The van der Waals surface area contributed by atoms with Crippen molar-refractivity contribution in [3.8, 4) is 11.5 Å². The van der Waals surface area contributed by atoms with E-state index in [4.69, 9.17) is 4.74 Å². The van der Waals surface area contributed by atoms with Crippen molar-refractivity contribution >= 4 is 6.08 Å².